The molecule has 1 fully saturated rings. The summed E-state index contributed by atoms with van der Waals surface area (Å²) in [5.41, 5.74) is 5.71. The molecule has 0 bridgehead atoms. The minimum Gasteiger partial charge on any atom is -0.326 e. The van der Waals surface area contributed by atoms with Gasteiger partial charge in [0.2, 0.25) is 0 Å². The maximum absolute atomic E-state index is 11.7. The van der Waals surface area contributed by atoms with Crippen LogP contribution in [-0.2, 0) is 9.09 Å². The van der Waals surface area contributed by atoms with Gasteiger partial charge in [-0.1, -0.05) is 19.6 Å². The van der Waals surface area contributed by atoms with Gasteiger partial charge in [-0.2, -0.15) is 0 Å². The van der Waals surface area contributed by atoms with Crippen molar-refractivity contribution in [3.05, 3.63) is 0 Å². The lowest BCUT2D eigenvalue weighted by atomic mass is 10.2. The predicted molar refractivity (Wildman–Crippen MR) is 55.5 cm³/mol. The molecule has 1 saturated heterocycles. The Bertz CT molecular complexity index is 240. The Hall–Kier alpha value is 0.327. The zero-order valence-corrected chi connectivity index (χ0v) is 10.3. The lowest BCUT2D eigenvalue weighted by Gasteiger charge is -2.37. The molecule has 0 saturated carbocycles. The molecule has 0 amide bonds. The van der Waals surface area contributed by atoms with E-state index in [1.807, 2.05) is 0 Å². The maximum Gasteiger partial charge on any atom is 0.328 e. The van der Waals surface area contributed by atoms with E-state index in [1.165, 1.54) is 0 Å². The molecule has 1 unspecified atom stereocenters. The van der Waals surface area contributed by atoms with Crippen LogP contribution in [0.5, 0.6) is 0 Å². The van der Waals surface area contributed by atoms with Gasteiger partial charge in [0, 0.05) is 6.04 Å². The van der Waals surface area contributed by atoms with Crippen molar-refractivity contribution >= 4 is 15.7 Å². The van der Waals surface area contributed by atoms with E-state index in [2.05, 4.69) is 19.6 Å². The number of nitrogens with two attached hydrogens (primary N) is 1. The van der Waals surface area contributed by atoms with Gasteiger partial charge in [-0.25, -0.2) is 0 Å². The highest BCUT2D eigenvalue weighted by Gasteiger charge is 2.46. The van der Waals surface area contributed by atoms with Crippen LogP contribution in [0.25, 0.3) is 0 Å². The quantitative estimate of drug-likeness (QED) is 0.517. The zero-order valence-electron chi connectivity index (χ0n) is 8.36. The molecule has 3 N–H and O–H groups in total. The molecule has 6 heteroatoms. The summed E-state index contributed by atoms with van der Waals surface area (Å²) in [5.74, 6) is 0. The van der Waals surface area contributed by atoms with Crippen LogP contribution >= 0.6 is 7.60 Å². The molecule has 0 aromatic heterocycles. The average molecular weight is 223 g/mol. The van der Waals surface area contributed by atoms with Gasteiger partial charge < -0.3 is 15.2 Å². The molecule has 13 heavy (non-hydrogen) atoms. The van der Waals surface area contributed by atoms with Crippen LogP contribution in [0, 0.1) is 0 Å². The minimum atomic E-state index is -3.37. The van der Waals surface area contributed by atoms with Gasteiger partial charge in [0.05, 0.1) is 20.0 Å². The van der Waals surface area contributed by atoms with E-state index in [-0.39, 0.29) is 17.9 Å². The third-order valence-electron chi connectivity index (χ3n) is 2.39. The second-order valence-electron chi connectivity index (χ2n) is 4.74. The SMILES string of the molecule is C[Si](C)(C)[C@@H]1C[C@@H](N)COP1(=O)O. The minimum absolute atomic E-state index is 0.0778. The second-order valence-corrected chi connectivity index (χ2v) is 12.7. The Morgan fingerprint density at radius 1 is 1.54 bits per heavy atom. The van der Waals surface area contributed by atoms with Crippen molar-refractivity contribution in [2.24, 2.45) is 5.73 Å². The summed E-state index contributed by atoms with van der Waals surface area (Å²) in [4.78, 5) is 9.60. The number of hydrogen-bond donors (Lipinski definition) is 2. The van der Waals surface area contributed by atoms with Crippen molar-refractivity contribution in [2.45, 2.75) is 37.4 Å². The molecule has 0 spiro atoms. The fraction of sp³-hybridized carbons (Fsp3) is 1.00. The Kier molecular flexibility index (Phi) is 3.05. The largest absolute Gasteiger partial charge is 0.328 e. The highest BCUT2D eigenvalue weighted by molar-refractivity contribution is 7.57. The first-order valence-corrected chi connectivity index (χ1v) is 9.68. The topological polar surface area (TPSA) is 72.5 Å². The normalized spacial score (nSPS) is 41.9. The number of hydrogen-bond acceptors (Lipinski definition) is 3. The molecule has 3 atom stereocenters. The summed E-state index contributed by atoms with van der Waals surface area (Å²) in [6, 6.07) is -0.0778. The van der Waals surface area contributed by atoms with Gasteiger partial charge in [0.25, 0.3) is 0 Å². The van der Waals surface area contributed by atoms with Gasteiger partial charge in [0.15, 0.2) is 0 Å². The van der Waals surface area contributed by atoms with E-state index in [0.29, 0.717) is 6.42 Å². The first-order valence-electron chi connectivity index (χ1n) is 4.46. The van der Waals surface area contributed by atoms with Crippen LogP contribution in [0.2, 0.25) is 19.6 Å². The van der Waals surface area contributed by atoms with Crippen LogP contribution in [-0.4, -0.2) is 30.9 Å². The van der Waals surface area contributed by atoms with Crippen LogP contribution in [0.15, 0.2) is 0 Å². The Balaban J connectivity index is 2.85. The van der Waals surface area contributed by atoms with Crippen molar-refractivity contribution in [1.29, 1.82) is 0 Å². The predicted octanol–water partition coefficient (Wildman–Crippen LogP) is 1.17. The first kappa shape index (κ1) is 11.4. The average Bonchev–Trinajstić information content (AvgIpc) is 1.92. The van der Waals surface area contributed by atoms with Crippen molar-refractivity contribution in [3.8, 4) is 0 Å². The summed E-state index contributed by atoms with van der Waals surface area (Å²) in [6.07, 6.45) is 0.628. The Morgan fingerprint density at radius 2 is 2.08 bits per heavy atom. The summed E-state index contributed by atoms with van der Waals surface area (Å²) in [7, 11) is -5.03. The van der Waals surface area contributed by atoms with Gasteiger partial charge >= 0.3 is 7.60 Å². The molecule has 1 heterocycles. The van der Waals surface area contributed by atoms with E-state index >= 15 is 0 Å². The van der Waals surface area contributed by atoms with Crippen molar-refractivity contribution < 1.29 is 14.0 Å². The van der Waals surface area contributed by atoms with E-state index in [9.17, 15) is 9.46 Å². The summed E-state index contributed by atoms with van der Waals surface area (Å²) in [6.45, 7) is 6.43. The molecule has 0 radical (unpaired) electrons. The Labute approximate surface area is 80.0 Å². The van der Waals surface area contributed by atoms with Crippen molar-refractivity contribution in [3.63, 3.8) is 0 Å². The monoisotopic (exact) mass is 223 g/mol. The van der Waals surface area contributed by atoms with Crippen LogP contribution in [0.3, 0.4) is 0 Å². The molecule has 0 aliphatic carbocycles. The van der Waals surface area contributed by atoms with Crippen molar-refractivity contribution in [2.75, 3.05) is 6.61 Å². The number of rotatable bonds is 1. The Morgan fingerprint density at radius 3 is 2.46 bits per heavy atom. The molecule has 1 aliphatic rings. The fourth-order valence-electron chi connectivity index (χ4n) is 1.62. The summed E-state index contributed by atoms with van der Waals surface area (Å²) >= 11 is 0. The molecule has 0 aromatic rings. The van der Waals surface area contributed by atoms with E-state index in [4.69, 9.17) is 10.3 Å². The van der Waals surface area contributed by atoms with E-state index < -0.39 is 15.7 Å². The fourth-order valence-corrected chi connectivity index (χ4v) is 7.89. The molecule has 1 aliphatic heterocycles. The van der Waals surface area contributed by atoms with Gasteiger partial charge in [-0.15, -0.1) is 0 Å². The summed E-state index contributed by atoms with van der Waals surface area (Å²) < 4.78 is 16.6. The molecule has 1 rings (SSSR count). The van der Waals surface area contributed by atoms with E-state index in [0.717, 1.165) is 0 Å². The molecular formula is C7H18NO3PSi. The lowest BCUT2D eigenvalue weighted by molar-refractivity contribution is 0.211. The highest BCUT2D eigenvalue weighted by Crippen LogP contribution is 2.55. The zero-order chi connectivity index (χ0) is 10.3. The van der Waals surface area contributed by atoms with Gasteiger partial charge in [-0.05, 0) is 6.42 Å². The third-order valence-corrected chi connectivity index (χ3v) is 9.45. The second kappa shape index (κ2) is 3.48. The first-order chi connectivity index (χ1) is 5.73. The smallest absolute Gasteiger partial charge is 0.326 e. The maximum atomic E-state index is 11.7. The van der Waals surface area contributed by atoms with Gasteiger partial charge in [-0.3, -0.25) is 4.57 Å². The van der Waals surface area contributed by atoms with Crippen LogP contribution < -0.4 is 5.73 Å². The third kappa shape index (κ3) is 2.64. The molecule has 4 nitrogen and oxygen atoms in total. The standard InChI is InChI=1S/C7H18NO3PSi/c1-13(2,3)7-4-6(8)5-11-12(7,9)10/h6-7H,4-5,8H2,1-3H3,(H,9,10)/t6-,7-/m1/s1. The highest BCUT2D eigenvalue weighted by atomic mass is 31.2. The van der Waals surface area contributed by atoms with Crippen molar-refractivity contribution in [1.82, 2.24) is 0 Å². The molecule has 78 valence electrons. The summed E-state index contributed by atoms with van der Waals surface area (Å²) in [5, 5.41) is -0.205. The lowest BCUT2D eigenvalue weighted by Crippen LogP contribution is -2.47. The molecule has 0 aromatic carbocycles. The van der Waals surface area contributed by atoms with E-state index in [1.54, 1.807) is 0 Å². The van der Waals surface area contributed by atoms with Crippen LogP contribution in [0.4, 0.5) is 0 Å². The van der Waals surface area contributed by atoms with Crippen LogP contribution in [0.1, 0.15) is 6.42 Å². The molecular weight excluding hydrogens is 205 g/mol. The van der Waals surface area contributed by atoms with Gasteiger partial charge in [0.1, 0.15) is 0 Å².